The molecule has 0 spiro atoms. The maximum Gasteiger partial charge on any atom is 0.263 e. The fourth-order valence-corrected chi connectivity index (χ4v) is 3.41. The normalized spacial score (nSPS) is 15.3. The summed E-state index contributed by atoms with van der Waals surface area (Å²) < 4.78 is 11.3. The Morgan fingerprint density at radius 1 is 0.933 bits per heavy atom. The van der Waals surface area contributed by atoms with E-state index in [2.05, 4.69) is 0 Å². The Hall–Kier alpha value is -2.73. The van der Waals surface area contributed by atoms with Gasteiger partial charge in [0.25, 0.3) is 11.8 Å². The first kappa shape index (κ1) is 22.0. The maximum atomic E-state index is 12.8. The molecule has 6 nitrogen and oxygen atoms in total. The van der Waals surface area contributed by atoms with E-state index in [-0.39, 0.29) is 18.4 Å². The van der Waals surface area contributed by atoms with E-state index in [1.807, 2.05) is 31.2 Å². The predicted octanol–water partition coefficient (Wildman–Crippen LogP) is 3.56. The van der Waals surface area contributed by atoms with Crippen molar-refractivity contribution in [3.05, 3.63) is 59.1 Å². The van der Waals surface area contributed by atoms with Gasteiger partial charge in [0, 0.05) is 31.2 Å². The van der Waals surface area contributed by atoms with Crippen molar-refractivity contribution in [1.82, 2.24) is 9.80 Å². The van der Waals surface area contributed by atoms with Crippen LogP contribution in [0.3, 0.4) is 0 Å². The summed E-state index contributed by atoms with van der Waals surface area (Å²) in [7, 11) is 0. The molecule has 1 fully saturated rings. The molecule has 1 aliphatic rings. The summed E-state index contributed by atoms with van der Waals surface area (Å²) in [5.41, 5.74) is 1.14. The molecule has 0 aliphatic carbocycles. The molecule has 0 aromatic heterocycles. The van der Waals surface area contributed by atoms with Gasteiger partial charge in [-0.15, -0.1) is 0 Å². The van der Waals surface area contributed by atoms with Crippen LogP contribution in [0.2, 0.25) is 5.02 Å². The van der Waals surface area contributed by atoms with Gasteiger partial charge in [-0.25, -0.2) is 0 Å². The number of rotatable bonds is 6. The van der Waals surface area contributed by atoms with E-state index >= 15 is 0 Å². The quantitative estimate of drug-likeness (QED) is 0.703. The molecular weight excluding hydrogens is 404 g/mol. The van der Waals surface area contributed by atoms with Crippen molar-refractivity contribution >= 4 is 23.4 Å². The number of hydrogen-bond acceptors (Lipinski definition) is 4. The molecule has 3 rings (SSSR count). The van der Waals surface area contributed by atoms with Crippen molar-refractivity contribution in [2.75, 3.05) is 32.8 Å². The van der Waals surface area contributed by atoms with E-state index in [1.165, 1.54) is 0 Å². The fourth-order valence-electron chi connectivity index (χ4n) is 3.28. The number of ether oxygens (including phenoxy) is 2. The minimum atomic E-state index is -0.613. The number of nitrogens with zero attached hydrogens (tertiary/aromatic N) is 2. The lowest BCUT2D eigenvalue weighted by atomic mass is 10.2. The van der Waals surface area contributed by atoms with Crippen LogP contribution in [0.15, 0.2) is 48.5 Å². The van der Waals surface area contributed by atoms with Crippen molar-refractivity contribution in [3.8, 4) is 11.5 Å². The Morgan fingerprint density at radius 2 is 1.53 bits per heavy atom. The Kier molecular flexibility index (Phi) is 7.57. The van der Waals surface area contributed by atoms with Crippen LogP contribution < -0.4 is 9.47 Å². The highest BCUT2D eigenvalue weighted by Gasteiger charge is 2.26. The number of carbonyl (C=O) groups is 2. The molecule has 160 valence electrons. The number of aryl methyl sites for hydroxylation is 1. The molecule has 30 heavy (non-hydrogen) atoms. The summed E-state index contributed by atoms with van der Waals surface area (Å²) in [6.45, 7) is 5.88. The molecule has 1 atom stereocenters. The van der Waals surface area contributed by atoms with Gasteiger partial charge in [0.15, 0.2) is 12.7 Å². The molecule has 2 aromatic carbocycles. The average molecular weight is 431 g/mol. The standard InChI is InChI=1S/C23H27ClN2O4/c1-17-4-8-20(9-5-17)29-16-22(27)25-12-3-13-26(15-14-25)23(28)18(2)30-21-10-6-19(24)7-11-21/h4-11,18H,3,12-16H2,1-2H3. The SMILES string of the molecule is Cc1ccc(OCC(=O)N2CCCN(C(=O)C(C)Oc3ccc(Cl)cc3)CC2)cc1. The van der Waals surface area contributed by atoms with Gasteiger partial charge in [0.1, 0.15) is 11.5 Å². The van der Waals surface area contributed by atoms with Crippen molar-refractivity contribution in [3.63, 3.8) is 0 Å². The van der Waals surface area contributed by atoms with Crippen molar-refractivity contribution in [2.45, 2.75) is 26.4 Å². The Balaban J connectivity index is 1.48. The number of amides is 2. The molecule has 2 amide bonds. The molecule has 1 heterocycles. The van der Waals surface area contributed by atoms with Crippen LogP contribution in [0.4, 0.5) is 0 Å². The van der Waals surface area contributed by atoms with Crippen LogP contribution >= 0.6 is 11.6 Å². The Bertz CT molecular complexity index is 855. The molecule has 0 saturated carbocycles. The van der Waals surface area contributed by atoms with Gasteiger partial charge < -0.3 is 19.3 Å². The van der Waals surface area contributed by atoms with Crippen molar-refractivity contribution in [1.29, 1.82) is 0 Å². The molecule has 0 N–H and O–H groups in total. The second-order valence-corrected chi connectivity index (χ2v) is 7.81. The maximum absolute atomic E-state index is 12.8. The molecule has 1 unspecified atom stereocenters. The topological polar surface area (TPSA) is 59.1 Å². The largest absolute Gasteiger partial charge is 0.484 e. The highest BCUT2D eigenvalue weighted by molar-refractivity contribution is 6.30. The highest BCUT2D eigenvalue weighted by Crippen LogP contribution is 2.18. The molecule has 1 saturated heterocycles. The zero-order valence-electron chi connectivity index (χ0n) is 17.3. The first-order valence-corrected chi connectivity index (χ1v) is 10.5. The number of halogens is 1. The lowest BCUT2D eigenvalue weighted by Gasteiger charge is -2.25. The summed E-state index contributed by atoms with van der Waals surface area (Å²) in [5, 5.41) is 0.616. The van der Waals surface area contributed by atoms with Gasteiger partial charge in [-0.1, -0.05) is 29.3 Å². The van der Waals surface area contributed by atoms with E-state index in [4.69, 9.17) is 21.1 Å². The minimum Gasteiger partial charge on any atom is -0.484 e. The van der Waals surface area contributed by atoms with Crippen LogP contribution in [0.25, 0.3) is 0 Å². The van der Waals surface area contributed by atoms with Crippen LogP contribution in [-0.2, 0) is 9.59 Å². The first-order chi connectivity index (χ1) is 14.4. The zero-order chi connectivity index (χ0) is 21.5. The van der Waals surface area contributed by atoms with E-state index < -0.39 is 6.10 Å². The van der Waals surface area contributed by atoms with Gasteiger partial charge >= 0.3 is 0 Å². The van der Waals surface area contributed by atoms with Crippen LogP contribution in [0.5, 0.6) is 11.5 Å². The predicted molar refractivity (Wildman–Crippen MR) is 116 cm³/mol. The van der Waals surface area contributed by atoms with Crippen LogP contribution in [-0.4, -0.2) is 60.5 Å². The molecule has 1 aliphatic heterocycles. The fraction of sp³-hybridized carbons (Fsp3) is 0.391. The van der Waals surface area contributed by atoms with E-state index in [0.717, 1.165) is 12.0 Å². The lowest BCUT2D eigenvalue weighted by molar-refractivity contribution is -0.138. The van der Waals surface area contributed by atoms with Crippen molar-refractivity contribution in [2.24, 2.45) is 0 Å². The van der Waals surface area contributed by atoms with E-state index in [9.17, 15) is 9.59 Å². The second kappa shape index (κ2) is 10.3. The van der Waals surface area contributed by atoms with Gasteiger partial charge in [0.2, 0.25) is 0 Å². The van der Waals surface area contributed by atoms with Gasteiger partial charge in [0.05, 0.1) is 0 Å². The number of benzene rings is 2. The average Bonchev–Trinajstić information content (AvgIpc) is 3.00. The molecule has 7 heteroatoms. The van der Waals surface area contributed by atoms with Crippen LogP contribution in [0.1, 0.15) is 18.9 Å². The summed E-state index contributed by atoms with van der Waals surface area (Å²) >= 11 is 5.88. The highest BCUT2D eigenvalue weighted by atomic mass is 35.5. The molecular formula is C23H27ClN2O4. The number of carbonyl (C=O) groups excluding carboxylic acids is 2. The Labute approximate surface area is 182 Å². The second-order valence-electron chi connectivity index (χ2n) is 7.38. The third-order valence-electron chi connectivity index (χ3n) is 5.02. The smallest absolute Gasteiger partial charge is 0.263 e. The molecule has 0 bridgehead atoms. The molecule has 2 aromatic rings. The van der Waals surface area contributed by atoms with Crippen molar-refractivity contribution < 1.29 is 19.1 Å². The summed E-state index contributed by atoms with van der Waals surface area (Å²) in [6, 6.07) is 14.5. The van der Waals surface area contributed by atoms with Crippen LogP contribution in [0, 0.1) is 6.92 Å². The number of hydrogen-bond donors (Lipinski definition) is 0. The van der Waals surface area contributed by atoms with Gasteiger partial charge in [-0.2, -0.15) is 0 Å². The van der Waals surface area contributed by atoms with Gasteiger partial charge in [-0.3, -0.25) is 9.59 Å². The monoisotopic (exact) mass is 430 g/mol. The summed E-state index contributed by atoms with van der Waals surface area (Å²) in [5.74, 6) is 1.11. The zero-order valence-corrected chi connectivity index (χ0v) is 18.1. The third kappa shape index (κ3) is 6.13. The van der Waals surface area contributed by atoms with Gasteiger partial charge in [-0.05, 0) is 56.7 Å². The molecule has 0 radical (unpaired) electrons. The summed E-state index contributed by atoms with van der Waals surface area (Å²) in [6.07, 6.45) is 0.105. The lowest BCUT2D eigenvalue weighted by Crippen LogP contribution is -2.43. The summed E-state index contributed by atoms with van der Waals surface area (Å²) in [4.78, 5) is 28.8. The van der Waals surface area contributed by atoms with E-state index in [1.54, 1.807) is 41.0 Å². The Morgan fingerprint density at radius 3 is 2.23 bits per heavy atom. The minimum absolute atomic E-state index is 0.00686. The first-order valence-electron chi connectivity index (χ1n) is 10.1. The van der Waals surface area contributed by atoms with E-state index in [0.29, 0.717) is 42.7 Å². The third-order valence-corrected chi connectivity index (χ3v) is 5.27.